The van der Waals surface area contributed by atoms with Crippen molar-refractivity contribution in [1.29, 1.82) is 0 Å². The Morgan fingerprint density at radius 2 is 1.90 bits per heavy atom. The van der Waals surface area contributed by atoms with E-state index in [0.29, 0.717) is 18.9 Å². The molecule has 0 spiro atoms. The van der Waals surface area contributed by atoms with Gasteiger partial charge in [-0.1, -0.05) is 42.5 Å². The van der Waals surface area contributed by atoms with Crippen molar-refractivity contribution in [3.8, 4) is 11.5 Å². The number of thioether (sulfide) groups is 1. The van der Waals surface area contributed by atoms with E-state index in [1.54, 1.807) is 12.1 Å². The standard InChI is InChI=1S/C22H22N2O5S/c1-28-21-10-9-16(13-19(21)24(26)27)14-30-15-22(25)23-11-12-29-20-8-4-6-17-5-2-3-7-18(17)20/h2-10,13H,11-12,14-15H2,1H3,(H,23,25). The Morgan fingerprint density at radius 1 is 1.10 bits per heavy atom. The SMILES string of the molecule is COc1ccc(CSCC(=O)NCCOc2cccc3ccccc23)cc1[N+](=O)[O-]. The number of nitro benzene ring substituents is 1. The molecule has 30 heavy (non-hydrogen) atoms. The van der Waals surface area contributed by atoms with E-state index in [1.165, 1.54) is 24.9 Å². The highest BCUT2D eigenvalue weighted by molar-refractivity contribution is 7.99. The average Bonchev–Trinajstić information content (AvgIpc) is 2.76. The summed E-state index contributed by atoms with van der Waals surface area (Å²) in [5.41, 5.74) is 0.685. The van der Waals surface area contributed by atoms with Gasteiger partial charge in [0.05, 0.1) is 24.3 Å². The van der Waals surface area contributed by atoms with Crippen LogP contribution in [-0.2, 0) is 10.5 Å². The van der Waals surface area contributed by atoms with E-state index in [9.17, 15) is 14.9 Å². The molecule has 0 aliphatic carbocycles. The molecule has 0 saturated carbocycles. The van der Waals surface area contributed by atoms with Crippen LogP contribution in [-0.4, -0.2) is 36.8 Å². The lowest BCUT2D eigenvalue weighted by Crippen LogP contribution is -2.29. The van der Waals surface area contributed by atoms with Crippen LogP contribution in [0.1, 0.15) is 5.56 Å². The molecule has 0 aliphatic heterocycles. The Kier molecular flexibility index (Phi) is 7.51. The monoisotopic (exact) mass is 426 g/mol. The van der Waals surface area contributed by atoms with E-state index in [2.05, 4.69) is 5.32 Å². The first-order valence-corrected chi connectivity index (χ1v) is 10.5. The molecule has 0 fully saturated rings. The van der Waals surface area contributed by atoms with Crippen LogP contribution in [0.4, 0.5) is 5.69 Å². The van der Waals surface area contributed by atoms with Crippen molar-refractivity contribution in [3.63, 3.8) is 0 Å². The molecular weight excluding hydrogens is 404 g/mol. The number of nitrogens with zero attached hydrogens (tertiary/aromatic N) is 1. The zero-order chi connectivity index (χ0) is 21.3. The van der Waals surface area contributed by atoms with Crippen LogP contribution >= 0.6 is 11.8 Å². The molecular formula is C22H22N2O5S. The highest BCUT2D eigenvalue weighted by atomic mass is 32.2. The van der Waals surface area contributed by atoms with Crippen LogP contribution in [0.15, 0.2) is 60.7 Å². The minimum Gasteiger partial charge on any atom is -0.491 e. The number of carbonyl (C=O) groups excluding carboxylic acids is 1. The van der Waals surface area contributed by atoms with Gasteiger partial charge in [-0.2, -0.15) is 0 Å². The molecule has 0 aromatic heterocycles. The van der Waals surface area contributed by atoms with Gasteiger partial charge in [-0.15, -0.1) is 11.8 Å². The van der Waals surface area contributed by atoms with Gasteiger partial charge < -0.3 is 14.8 Å². The van der Waals surface area contributed by atoms with Crippen molar-refractivity contribution in [2.24, 2.45) is 0 Å². The van der Waals surface area contributed by atoms with Gasteiger partial charge in [0.15, 0.2) is 5.75 Å². The molecule has 0 saturated heterocycles. The quantitative estimate of drug-likeness (QED) is 0.297. The summed E-state index contributed by atoms with van der Waals surface area (Å²) in [4.78, 5) is 22.6. The predicted molar refractivity (Wildman–Crippen MR) is 118 cm³/mol. The molecule has 1 N–H and O–H groups in total. The number of fused-ring (bicyclic) bond motifs is 1. The number of rotatable bonds is 10. The Bertz CT molecular complexity index is 1040. The van der Waals surface area contributed by atoms with Gasteiger partial charge in [0, 0.05) is 17.2 Å². The van der Waals surface area contributed by atoms with Crippen LogP contribution in [0.3, 0.4) is 0 Å². The lowest BCUT2D eigenvalue weighted by Gasteiger charge is -2.10. The van der Waals surface area contributed by atoms with Crippen molar-refractivity contribution >= 4 is 34.1 Å². The normalized spacial score (nSPS) is 10.6. The predicted octanol–water partition coefficient (Wildman–Crippen LogP) is 4.19. The Balaban J connectivity index is 1.40. The topological polar surface area (TPSA) is 90.7 Å². The van der Waals surface area contributed by atoms with Crippen molar-refractivity contribution in [2.45, 2.75) is 5.75 Å². The molecule has 3 rings (SSSR count). The average molecular weight is 426 g/mol. The van der Waals surface area contributed by atoms with E-state index in [1.807, 2.05) is 42.5 Å². The molecule has 3 aromatic rings. The van der Waals surface area contributed by atoms with Gasteiger partial charge in [-0.05, 0) is 23.1 Å². The van der Waals surface area contributed by atoms with E-state index >= 15 is 0 Å². The molecule has 1 amide bonds. The second-order valence-electron chi connectivity index (χ2n) is 6.43. The third kappa shape index (κ3) is 5.64. The number of ether oxygens (including phenoxy) is 2. The number of hydrogen-bond acceptors (Lipinski definition) is 6. The second-order valence-corrected chi connectivity index (χ2v) is 7.42. The maximum atomic E-state index is 12.0. The minimum atomic E-state index is -0.477. The fourth-order valence-corrected chi connectivity index (χ4v) is 3.76. The third-order valence-electron chi connectivity index (χ3n) is 4.37. The molecule has 3 aromatic carbocycles. The molecule has 0 radical (unpaired) electrons. The van der Waals surface area contributed by atoms with Crippen LogP contribution in [0, 0.1) is 10.1 Å². The molecule has 8 heteroatoms. The first kappa shape index (κ1) is 21.4. The number of amides is 1. The number of nitrogens with one attached hydrogen (secondary N) is 1. The summed E-state index contributed by atoms with van der Waals surface area (Å²) >= 11 is 1.39. The highest BCUT2D eigenvalue weighted by Crippen LogP contribution is 2.29. The van der Waals surface area contributed by atoms with Gasteiger partial charge in [0.25, 0.3) is 0 Å². The van der Waals surface area contributed by atoms with Crippen LogP contribution in [0.25, 0.3) is 10.8 Å². The van der Waals surface area contributed by atoms with Crippen molar-refractivity contribution in [1.82, 2.24) is 5.32 Å². The third-order valence-corrected chi connectivity index (χ3v) is 5.38. The molecule has 0 unspecified atom stereocenters. The number of methoxy groups -OCH3 is 1. The Morgan fingerprint density at radius 3 is 2.70 bits per heavy atom. The number of hydrogen-bond donors (Lipinski definition) is 1. The van der Waals surface area contributed by atoms with Crippen molar-refractivity contribution in [3.05, 3.63) is 76.3 Å². The molecule has 7 nitrogen and oxygen atoms in total. The van der Waals surface area contributed by atoms with E-state index in [0.717, 1.165) is 22.1 Å². The lowest BCUT2D eigenvalue weighted by molar-refractivity contribution is -0.385. The van der Waals surface area contributed by atoms with E-state index in [4.69, 9.17) is 9.47 Å². The van der Waals surface area contributed by atoms with Crippen molar-refractivity contribution < 1.29 is 19.2 Å². The fourth-order valence-electron chi connectivity index (χ4n) is 2.95. The number of carbonyl (C=O) groups is 1. The van der Waals surface area contributed by atoms with Crippen molar-refractivity contribution in [2.75, 3.05) is 26.0 Å². The highest BCUT2D eigenvalue weighted by Gasteiger charge is 2.15. The molecule has 0 atom stereocenters. The molecule has 0 bridgehead atoms. The fraction of sp³-hybridized carbons (Fsp3) is 0.227. The van der Waals surface area contributed by atoms with Gasteiger partial charge in [-0.25, -0.2) is 0 Å². The first-order chi connectivity index (χ1) is 14.6. The smallest absolute Gasteiger partial charge is 0.311 e. The van der Waals surface area contributed by atoms with E-state index < -0.39 is 4.92 Å². The van der Waals surface area contributed by atoms with Gasteiger partial charge in [0.2, 0.25) is 5.91 Å². The Hall–Kier alpha value is -3.26. The van der Waals surface area contributed by atoms with Gasteiger partial charge >= 0.3 is 5.69 Å². The summed E-state index contributed by atoms with van der Waals surface area (Å²) in [5.74, 6) is 1.65. The maximum absolute atomic E-state index is 12.0. The van der Waals surface area contributed by atoms with Crippen LogP contribution < -0.4 is 14.8 Å². The molecule has 0 heterocycles. The second kappa shape index (κ2) is 10.5. The maximum Gasteiger partial charge on any atom is 0.311 e. The summed E-state index contributed by atoms with van der Waals surface area (Å²) in [6.45, 7) is 0.770. The van der Waals surface area contributed by atoms with E-state index in [-0.39, 0.29) is 23.1 Å². The van der Waals surface area contributed by atoms with Crippen LogP contribution in [0.2, 0.25) is 0 Å². The lowest BCUT2D eigenvalue weighted by atomic mass is 10.1. The zero-order valence-corrected chi connectivity index (χ0v) is 17.3. The first-order valence-electron chi connectivity index (χ1n) is 9.35. The largest absolute Gasteiger partial charge is 0.491 e. The molecule has 156 valence electrons. The summed E-state index contributed by atoms with van der Waals surface area (Å²) in [6, 6.07) is 18.7. The zero-order valence-electron chi connectivity index (χ0n) is 16.5. The number of benzene rings is 3. The summed E-state index contributed by atoms with van der Waals surface area (Å²) in [7, 11) is 1.39. The van der Waals surface area contributed by atoms with Crippen LogP contribution in [0.5, 0.6) is 11.5 Å². The molecule has 0 aliphatic rings. The Labute approximate surface area is 178 Å². The van der Waals surface area contributed by atoms with Gasteiger partial charge in [-0.3, -0.25) is 14.9 Å². The minimum absolute atomic E-state index is 0.0781. The summed E-state index contributed by atoms with van der Waals surface area (Å²) in [5, 5.41) is 16.0. The summed E-state index contributed by atoms with van der Waals surface area (Å²) in [6.07, 6.45) is 0. The summed E-state index contributed by atoms with van der Waals surface area (Å²) < 4.78 is 10.8. The number of nitro groups is 1. The van der Waals surface area contributed by atoms with Gasteiger partial charge in [0.1, 0.15) is 12.4 Å².